The molecule has 134 valence electrons. The van der Waals surface area contributed by atoms with Crippen molar-refractivity contribution in [3.8, 4) is 11.5 Å². The summed E-state index contributed by atoms with van der Waals surface area (Å²) < 4.78 is 5.20. The van der Waals surface area contributed by atoms with E-state index in [-0.39, 0.29) is 18.4 Å². The first kappa shape index (κ1) is 18.9. The molecule has 2 aromatic rings. The Balaban J connectivity index is 2.21. The molecule has 0 fully saturated rings. The van der Waals surface area contributed by atoms with E-state index in [0.29, 0.717) is 23.4 Å². The number of aliphatic hydroxyl groups is 1. The van der Waals surface area contributed by atoms with Gasteiger partial charge in [-0.3, -0.25) is 9.98 Å². The molecule has 0 radical (unpaired) electrons. The third-order valence-corrected chi connectivity index (χ3v) is 4.15. The zero-order chi connectivity index (χ0) is 18.4. The number of aromatic hydroxyl groups is 1. The van der Waals surface area contributed by atoms with Crippen molar-refractivity contribution in [1.82, 2.24) is 9.88 Å². The van der Waals surface area contributed by atoms with Crippen molar-refractivity contribution >= 4 is 6.21 Å². The summed E-state index contributed by atoms with van der Waals surface area (Å²) in [6.45, 7) is 2.04. The Morgan fingerprint density at radius 2 is 1.96 bits per heavy atom. The number of aliphatic imine (C=N–C) groups is 1. The van der Waals surface area contributed by atoms with Gasteiger partial charge in [-0.05, 0) is 38.7 Å². The Bertz CT molecular complexity index is 727. The number of hydrogen-bond donors (Lipinski definition) is 2. The highest BCUT2D eigenvalue weighted by Gasteiger charge is 2.14. The van der Waals surface area contributed by atoms with E-state index >= 15 is 0 Å². The second kappa shape index (κ2) is 8.60. The maximum atomic E-state index is 10.2. The highest BCUT2D eigenvalue weighted by Crippen LogP contribution is 2.24. The Kier molecular flexibility index (Phi) is 6.50. The predicted octanol–water partition coefficient (Wildman–Crippen LogP) is 2.32. The van der Waals surface area contributed by atoms with Gasteiger partial charge in [-0.25, -0.2) is 0 Å². The van der Waals surface area contributed by atoms with Crippen LogP contribution in [0, 0.1) is 6.92 Å². The Morgan fingerprint density at radius 1 is 1.28 bits per heavy atom. The average Bonchev–Trinajstić information content (AvgIpc) is 2.62. The summed E-state index contributed by atoms with van der Waals surface area (Å²) in [5.74, 6) is 0.871. The Hall–Kier alpha value is -2.44. The standard InChI is InChI=1S/C19H25N3O3/c1-13-19(24)17(15(12-23)9-21-13)10-20-11-18(22(2)3)14-5-7-16(25-4)8-6-14/h5-10,18,23-24H,11-12H2,1-4H3/t18-/m0/s1. The third kappa shape index (κ3) is 4.55. The lowest BCUT2D eigenvalue weighted by molar-refractivity contribution is 0.280. The fraction of sp³-hybridized carbons (Fsp3) is 0.368. The largest absolute Gasteiger partial charge is 0.505 e. The number of nitrogens with zero attached hydrogens (tertiary/aromatic N) is 3. The topological polar surface area (TPSA) is 78.2 Å². The number of aromatic nitrogens is 1. The van der Waals surface area contributed by atoms with Crippen molar-refractivity contribution in [3.63, 3.8) is 0 Å². The summed E-state index contributed by atoms with van der Waals surface area (Å²) in [4.78, 5) is 10.6. The van der Waals surface area contributed by atoms with Crippen LogP contribution in [0.4, 0.5) is 0 Å². The van der Waals surface area contributed by atoms with Crippen LogP contribution in [0.1, 0.15) is 28.4 Å². The first-order chi connectivity index (χ1) is 12.0. The van der Waals surface area contributed by atoms with Crippen LogP contribution in [-0.4, -0.2) is 54.1 Å². The van der Waals surface area contributed by atoms with Crippen LogP contribution in [0.5, 0.6) is 11.5 Å². The van der Waals surface area contributed by atoms with Crippen LogP contribution in [0.2, 0.25) is 0 Å². The average molecular weight is 343 g/mol. The lowest BCUT2D eigenvalue weighted by Crippen LogP contribution is -2.22. The molecule has 1 atom stereocenters. The molecule has 0 aliphatic carbocycles. The van der Waals surface area contributed by atoms with Gasteiger partial charge in [-0.15, -0.1) is 0 Å². The van der Waals surface area contributed by atoms with E-state index in [1.807, 2.05) is 38.4 Å². The number of methoxy groups -OCH3 is 1. The van der Waals surface area contributed by atoms with Crippen molar-refractivity contribution in [1.29, 1.82) is 0 Å². The van der Waals surface area contributed by atoms with E-state index in [4.69, 9.17) is 4.74 Å². The molecule has 25 heavy (non-hydrogen) atoms. The molecule has 0 saturated carbocycles. The van der Waals surface area contributed by atoms with Crippen LogP contribution in [0.3, 0.4) is 0 Å². The second-order valence-corrected chi connectivity index (χ2v) is 6.04. The highest BCUT2D eigenvalue weighted by atomic mass is 16.5. The SMILES string of the molecule is COc1ccc([C@H](CN=Cc2c(CO)cnc(C)c2O)N(C)C)cc1. The van der Waals surface area contributed by atoms with Crippen LogP contribution in [0.15, 0.2) is 35.5 Å². The minimum Gasteiger partial charge on any atom is -0.505 e. The number of ether oxygens (including phenoxy) is 1. The molecule has 0 amide bonds. The molecular weight excluding hydrogens is 318 g/mol. The van der Waals surface area contributed by atoms with Gasteiger partial charge in [0.1, 0.15) is 11.5 Å². The summed E-state index contributed by atoms with van der Waals surface area (Å²) in [6.07, 6.45) is 3.17. The van der Waals surface area contributed by atoms with Gasteiger partial charge in [0.25, 0.3) is 0 Å². The molecule has 0 bridgehead atoms. The second-order valence-electron chi connectivity index (χ2n) is 6.04. The first-order valence-electron chi connectivity index (χ1n) is 8.06. The summed E-state index contributed by atoms with van der Waals surface area (Å²) >= 11 is 0. The molecule has 6 heteroatoms. The fourth-order valence-electron chi connectivity index (χ4n) is 2.56. The molecule has 0 aliphatic heterocycles. The number of benzene rings is 1. The van der Waals surface area contributed by atoms with Crippen LogP contribution in [-0.2, 0) is 6.61 Å². The number of hydrogen-bond acceptors (Lipinski definition) is 6. The molecule has 0 spiro atoms. The minimum absolute atomic E-state index is 0.0566. The minimum atomic E-state index is -0.197. The van der Waals surface area contributed by atoms with Gasteiger partial charge in [0.15, 0.2) is 0 Å². The van der Waals surface area contributed by atoms with Crippen molar-refractivity contribution < 1.29 is 14.9 Å². The van der Waals surface area contributed by atoms with Gasteiger partial charge in [-0.2, -0.15) is 0 Å². The van der Waals surface area contributed by atoms with E-state index in [0.717, 1.165) is 11.3 Å². The van der Waals surface area contributed by atoms with E-state index in [1.165, 1.54) is 0 Å². The van der Waals surface area contributed by atoms with E-state index in [1.54, 1.807) is 26.4 Å². The van der Waals surface area contributed by atoms with Crippen molar-refractivity contribution in [2.24, 2.45) is 4.99 Å². The number of likely N-dealkylation sites (N-methyl/N-ethyl adjacent to an activating group) is 1. The van der Waals surface area contributed by atoms with Gasteiger partial charge in [-0.1, -0.05) is 12.1 Å². The smallest absolute Gasteiger partial charge is 0.145 e. The predicted molar refractivity (Wildman–Crippen MR) is 98.4 cm³/mol. The molecule has 1 heterocycles. The molecule has 1 aromatic heterocycles. The zero-order valence-electron chi connectivity index (χ0n) is 15.1. The van der Waals surface area contributed by atoms with Gasteiger partial charge < -0.3 is 19.8 Å². The lowest BCUT2D eigenvalue weighted by Gasteiger charge is -2.23. The van der Waals surface area contributed by atoms with E-state index < -0.39 is 0 Å². The monoisotopic (exact) mass is 343 g/mol. The molecule has 6 nitrogen and oxygen atoms in total. The molecule has 0 unspecified atom stereocenters. The van der Waals surface area contributed by atoms with Gasteiger partial charge in [0.05, 0.1) is 32.0 Å². The molecule has 0 saturated heterocycles. The lowest BCUT2D eigenvalue weighted by atomic mass is 10.1. The van der Waals surface area contributed by atoms with Gasteiger partial charge in [0, 0.05) is 23.5 Å². The summed E-state index contributed by atoms with van der Waals surface area (Å²) in [6, 6.07) is 7.98. The maximum absolute atomic E-state index is 10.2. The highest BCUT2D eigenvalue weighted by molar-refractivity contribution is 5.85. The third-order valence-electron chi connectivity index (χ3n) is 4.15. The normalized spacial score (nSPS) is 12.7. The summed E-state index contributed by atoms with van der Waals surface area (Å²) in [5.41, 5.74) is 2.71. The maximum Gasteiger partial charge on any atom is 0.145 e. The van der Waals surface area contributed by atoms with Crippen LogP contribution in [0.25, 0.3) is 0 Å². The number of pyridine rings is 1. The van der Waals surface area contributed by atoms with E-state index in [2.05, 4.69) is 14.9 Å². The Morgan fingerprint density at radius 3 is 2.52 bits per heavy atom. The quantitative estimate of drug-likeness (QED) is 0.755. The fourth-order valence-corrected chi connectivity index (χ4v) is 2.56. The van der Waals surface area contributed by atoms with Gasteiger partial charge >= 0.3 is 0 Å². The molecule has 2 rings (SSSR count). The van der Waals surface area contributed by atoms with E-state index in [9.17, 15) is 10.2 Å². The molecule has 2 N–H and O–H groups in total. The molecule has 1 aromatic carbocycles. The first-order valence-corrected chi connectivity index (χ1v) is 8.06. The summed E-state index contributed by atoms with van der Waals surface area (Å²) in [5, 5.41) is 19.6. The zero-order valence-corrected chi connectivity index (χ0v) is 15.1. The van der Waals surface area contributed by atoms with Crippen LogP contribution < -0.4 is 4.74 Å². The van der Waals surface area contributed by atoms with Gasteiger partial charge in [0.2, 0.25) is 0 Å². The van der Waals surface area contributed by atoms with Crippen LogP contribution >= 0.6 is 0 Å². The Labute approximate surface area is 148 Å². The van der Waals surface area contributed by atoms with Crippen molar-refractivity contribution in [3.05, 3.63) is 52.8 Å². The summed E-state index contributed by atoms with van der Waals surface area (Å²) in [7, 11) is 5.64. The number of aryl methyl sites for hydroxylation is 1. The molecular formula is C19H25N3O3. The molecule has 0 aliphatic rings. The van der Waals surface area contributed by atoms with Crippen molar-refractivity contribution in [2.75, 3.05) is 27.7 Å². The number of rotatable bonds is 7. The number of aliphatic hydroxyl groups excluding tert-OH is 1. The van der Waals surface area contributed by atoms with Crippen molar-refractivity contribution in [2.45, 2.75) is 19.6 Å².